The van der Waals surface area contributed by atoms with E-state index in [9.17, 15) is 4.79 Å². The minimum Gasteiger partial charge on any atom is -0.381 e. The second kappa shape index (κ2) is 4.46. The molecule has 1 fully saturated rings. The molecule has 0 heterocycles. The van der Waals surface area contributed by atoms with Gasteiger partial charge < -0.3 is 4.74 Å². The second-order valence-electron chi connectivity index (χ2n) is 5.40. The SMILES string of the molecule is [2H]C([2H])([2H])OC1CCC2(CC1)Cc1ccc(Br)cc1C2=O. The quantitative estimate of drug-likeness (QED) is 0.789. The Morgan fingerprint density at radius 3 is 2.94 bits per heavy atom. The van der Waals surface area contributed by atoms with Gasteiger partial charge in [0.05, 0.1) is 10.2 Å². The first kappa shape index (κ1) is 9.27. The lowest BCUT2D eigenvalue weighted by Crippen LogP contribution is -2.35. The zero-order valence-electron chi connectivity index (χ0n) is 13.0. The van der Waals surface area contributed by atoms with Gasteiger partial charge in [-0.3, -0.25) is 4.79 Å². The summed E-state index contributed by atoms with van der Waals surface area (Å²) >= 11 is 3.41. The molecule has 3 heteroatoms. The van der Waals surface area contributed by atoms with Gasteiger partial charge in [0, 0.05) is 22.5 Å². The standard InChI is InChI=1S/C15H17BrO2/c1-18-12-4-6-15(7-5-12)9-10-2-3-11(16)8-13(10)14(15)17/h2-3,8,12H,4-7,9H2,1H3/i1D3. The van der Waals surface area contributed by atoms with E-state index < -0.39 is 7.04 Å². The third-order valence-corrected chi connectivity index (χ3v) is 4.88. The summed E-state index contributed by atoms with van der Waals surface area (Å²) < 4.78 is 27.5. The molecule has 1 saturated carbocycles. The third kappa shape index (κ3) is 1.84. The molecule has 2 nitrogen and oxygen atoms in total. The Balaban J connectivity index is 1.74. The Morgan fingerprint density at radius 1 is 1.44 bits per heavy atom. The first-order valence-electron chi connectivity index (χ1n) is 7.80. The largest absolute Gasteiger partial charge is 0.381 e. The molecule has 1 aromatic rings. The van der Waals surface area contributed by atoms with Gasteiger partial charge in [-0.25, -0.2) is 0 Å². The molecule has 1 aromatic carbocycles. The van der Waals surface area contributed by atoms with Gasteiger partial charge in [-0.15, -0.1) is 0 Å². The van der Waals surface area contributed by atoms with Crippen LogP contribution in [0.2, 0.25) is 0 Å². The minimum absolute atomic E-state index is 0.214. The van der Waals surface area contributed by atoms with E-state index in [1.807, 2.05) is 18.2 Å². The van der Waals surface area contributed by atoms with Crippen molar-refractivity contribution in [1.29, 1.82) is 0 Å². The monoisotopic (exact) mass is 311 g/mol. The summed E-state index contributed by atoms with van der Waals surface area (Å²) in [6, 6.07) is 5.88. The molecule has 3 rings (SSSR count). The van der Waals surface area contributed by atoms with E-state index in [0.717, 1.165) is 22.0 Å². The molecule has 0 amide bonds. The van der Waals surface area contributed by atoms with Gasteiger partial charge >= 0.3 is 0 Å². The van der Waals surface area contributed by atoms with E-state index in [-0.39, 0.29) is 17.3 Å². The van der Waals surface area contributed by atoms with Crippen molar-refractivity contribution < 1.29 is 13.6 Å². The number of methoxy groups -OCH3 is 1. The van der Waals surface area contributed by atoms with Gasteiger partial charge in [0.1, 0.15) is 0 Å². The van der Waals surface area contributed by atoms with Crippen LogP contribution in [0.1, 0.15) is 45.7 Å². The van der Waals surface area contributed by atoms with Crippen molar-refractivity contribution in [2.45, 2.75) is 38.2 Å². The number of benzene rings is 1. The van der Waals surface area contributed by atoms with Crippen molar-refractivity contribution in [3.63, 3.8) is 0 Å². The van der Waals surface area contributed by atoms with Crippen molar-refractivity contribution in [3.05, 3.63) is 33.8 Å². The van der Waals surface area contributed by atoms with Crippen molar-refractivity contribution in [1.82, 2.24) is 0 Å². The molecule has 2 aliphatic rings. The number of hydrogen-bond acceptors (Lipinski definition) is 2. The number of ether oxygens (including phenoxy) is 1. The molecule has 0 radical (unpaired) electrons. The molecular weight excluding hydrogens is 292 g/mol. The lowest BCUT2D eigenvalue weighted by atomic mass is 9.70. The predicted molar refractivity (Wildman–Crippen MR) is 73.9 cm³/mol. The number of ketones is 1. The van der Waals surface area contributed by atoms with Gasteiger partial charge in [-0.05, 0) is 49.8 Å². The number of fused-ring (bicyclic) bond motifs is 1. The van der Waals surface area contributed by atoms with Crippen LogP contribution in [0.25, 0.3) is 0 Å². The summed E-state index contributed by atoms with van der Waals surface area (Å²) in [6.45, 7) is 0. The van der Waals surface area contributed by atoms with E-state index in [0.29, 0.717) is 25.7 Å². The van der Waals surface area contributed by atoms with Crippen LogP contribution in [0.4, 0.5) is 0 Å². The predicted octanol–water partition coefficient (Wildman–Crippen LogP) is 3.76. The molecule has 0 aliphatic heterocycles. The maximum atomic E-state index is 12.7. The van der Waals surface area contributed by atoms with E-state index in [1.165, 1.54) is 0 Å². The molecule has 0 aromatic heterocycles. The fourth-order valence-electron chi connectivity index (χ4n) is 3.31. The van der Waals surface area contributed by atoms with Gasteiger partial charge in [-0.2, -0.15) is 0 Å². The van der Waals surface area contributed by atoms with Crippen LogP contribution < -0.4 is 0 Å². The second-order valence-corrected chi connectivity index (χ2v) is 6.32. The molecular formula is C15H17BrO2. The summed E-state index contributed by atoms with van der Waals surface area (Å²) in [5.41, 5.74) is 1.59. The van der Waals surface area contributed by atoms with E-state index in [1.54, 1.807) is 0 Å². The number of hydrogen-bond donors (Lipinski definition) is 0. The minimum atomic E-state index is -2.34. The fraction of sp³-hybridized carbons (Fsp3) is 0.533. The smallest absolute Gasteiger partial charge is 0.169 e. The van der Waals surface area contributed by atoms with Crippen LogP contribution in [-0.2, 0) is 11.2 Å². The van der Waals surface area contributed by atoms with Crippen molar-refractivity contribution in [2.75, 3.05) is 7.04 Å². The van der Waals surface area contributed by atoms with Crippen molar-refractivity contribution in [3.8, 4) is 0 Å². The molecule has 1 spiro atoms. The van der Waals surface area contributed by atoms with E-state index in [4.69, 9.17) is 8.85 Å². The summed E-state index contributed by atoms with van der Waals surface area (Å²) in [7, 11) is -2.34. The molecule has 0 bridgehead atoms. The van der Waals surface area contributed by atoms with E-state index in [2.05, 4.69) is 15.9 Å². The zero-order chi connectivity index (χ0) is 15.3. The number of halogens is 1. The first-order valence-corrected chi connectivity index (χ1v) is 7.09. The summed E-state index contributed by atoms with van der Waals surface area (Å²) in [5, 5.41) is 0. The number of rotatable bonds is 1. The van der Waals surface area contributed by atoms with Gasteiger partial charge in [0.15, 0.2) is 5.78 Å². The van der Waals surface area contributed by atoms with Crippen LogP contribution in [-0.4, -0.2) is 18.9 Å². The Morgan fingerprint density at radius 2 is 2.22 bits per heavy atom. The summed E-state index contributed by atoms with van der Waals surface area (Å²) in [5.74, 6) is 0.214. The number of Topliss-reactive ketones (excluding diaryl/α,β-unsaturated/α-hetero) is 1. The summed E-state index contributed by atoms with van der Waals surface area (Å²) in [6.07, 6.45) is 3.21. The third-order valence-electron chi connectivity index (χ3n) is 4.38. The van der Waals surface area contributed by atoms with Crippen LogP contribution in [0.15, 0.2) is 22.7 Å². The van der Waals surface area contributed by atoms with Crippen LogP contribution >= 0.6 is 15.9 Å². The Labute approximate surface area is 120 Å². The van der Waals surface area contributed by atoms with Gasteiger partial charge in [-0.1, -0.05) is 22.0 Å². The molecule has 0 saturated heterocycles. The Bertz CT molecular complexity index is 575. The molecule has 0 unspecified atom stereocenters. The maximum Gasteiger partial charge on any atom is 0.169 e. The Kier molecular flexibility index (Phi) is 2.30. The number of carbonyl (C=O) groups excluding carboxylic acids is 1. The molecule has 2 aliphatic carbocycles. The van der Waals surface area contributed by atoms with E-state index >= 15 is 0 Å². The van der Waals surface area contributed by atoms with Crippen LogP contribution in [0.5, 0.6) is 0 Å². The van der Waals surface area contributed by atoms with Crippen molar-refractivity contribution in [2.24, 2.45) is 5.41 Å². The average molecular weight is 312 g/mol. The molecule has 18 heavy (non-hydrogen) atoms. The topological polar surface area (TPSA) is 26.3 Å². The first-order chi connectivity index (χ1) is 9.79. The van der Waals surface area contributed by atoms with Gasteiger partial charge in [0.25, 0.3) is 0 Å². The Hall–Kier alpha value is -0.670. The maximum absolute atomic E-state index is 12.7. The lowest BCUT2D eigenvalue weighted by Gasteiger charge is -2.35. The average Bonchev–Trinajstić information content (AvgIpc) is 2.65. The normalized spacial score (nSPS) is 33.9. The van der Waals surface area contributed by atoms with Crippen LogP contribution in [0.3, 0.4) is 0 Å². The van der Waals surface area contributed by atoms with Crippen molar-refractivity contribution >= 4 is 21.7 Å². The molecule has 96 valence electrons. The lowest BCUT2D eigenvalue weighted by molar-refractivity contribution is 0.0285. The highest BCUT2D eigenvalue weighted by molar-refractivity contribution is 9.10. The van der Waals surface area contributed by atoms with Crippen LogP contribution in [0, 0.1) is 5.41 Å². The highest BCUT2D eigenvalue weighted by Gasteiger charge is 2.47. The van der Waals surface area contributed by atoms with Gasteiger partial charge in [0.2, 0.25) is 0 Å². The zero-order valence-corrected chi connectivity index (χ0v) is 11.6. The highest BCUT2D eigenvalue weighted by atomic mass is 79.9. The fourth-order valence-corrected chi connectivity index (χ4v) is 3.67. The molecule has 0 atom stereocenters. The summed E-state index contributed by atoms with van der Waals surface area (Å²) in [4.78, 5) is 12.7. The highest BCUT2D eigenvalue weighted by Crippen LogP contribution is 2.47. The number of carbonyl (C=O) groups is 1. The molecule has 0 N–H and O–H groups in total.